The van der Waals surface area contributed by atoms with Crippen LogP contribution in [0.1, 0.15) is 34.8 Å². The standard InChI is InChI=1S/C15H19NO3/c1-3-16(10-14(17)19-2)15(18)13-8-7-11-5-4-6-12(11)9-13/h7-9H,3-6,10H2,1-2H3. The van der Waals surface area contributed by atoms with Crippen LogP contribution in [0.25, 0.3) is 0 Å². The van der Waals surface area contributed by atoms with Crippen molar-refractivity contribution < 1.29 is 14.3 Å². The highest BCUT2D eigenvalue weighted by Crippen LogP contribution is 2.23. The number of aryl methyl sites for hydroxylation is 2. The molecule has 0 aliphatic heterocycles. The van der Waals surface area contributed by atoms with Gasteiger partial charge in [-0.25, -0.2) is 0 Å². The summed E-state index contributed by atoms with van der Waals surface area (Å²) in [5.41, 5.74) is 3.26. The minimum Gasteiger partial charge on any atom is -0.468 e. The number of benzene rings is 1. The average Bonchev–Trinajstić information content (AvgIpc) is 2.90. The maximum absolute atomic E-state index is 12.3. The Morgan fingerprint density at radius 3 is 2.68 bits per heavy atom. The van der Waals surface area contributed by atoms with Crippen molar-refractivity contribution in [2.75, 3.05) is 20.2 Å². The largest absolute Gasteiger partial charge is 0.468 e. The molecule has 0 atom stereocenters. The van der Waals surface area contributed by atoms with E-state index < -0.39 is 5.97 Å². The molecule has 19 heavy (non-hydrogen) atoms. The molecular weight excluding hydrogens is 242 g/mol. The molecule has 0 bridgehead atoms. The van der Waals surface area contributed by atoms with E-state index in [-0.39, 0.29) is 12.5 Å². The molecule has 0 heterocycles. The SMILES string of the molecule is CCN(CC(=O)OC)C(=O)c1ccc2c(c1)CCC2. The number of hydrogen-bond acceptors (Lipinski definition) is 3. The van der Waals surface area contributed by atoms with Gasteiger partial charge in [-0.3, -0.25) is 9.59 Å². The summed E-state index contributed by atoms with van der Waals surface area (Å²) in [6, 6.07) is 5.85. The third kappa shape index (κ3) is 2.95. The van der Waals surface area contributed by atoms with E-state index in [9.17, 15) is 9.59 Å². The van der Waals surface area contributed by atoms with Gasteiger partial charge < -0.3 is 9.64 Å². The van der Waals surface area contributed by atoms with Crippen molar-refractivity contribution in [2.45, 2.75) is 26.2 Å². The highest BCUT2D eigenvalue weighted by Gasteiger charge is 2.19. The highest BCUT2D eigenvalue weighted by molar-refractivity contribution is 5.96. The molecule has 0 radical (unpaired) electrons. The maximum atomic E-state index is 12.3. The van der Waals surface area contributed by atoms with Gasteiger partial charge in [0.15, 0.2) is 0 Å². The molecule has 1 aromatic rings. The molecule has 0 N–H and O–H groups in total. The van der Waals surface area contributed by atoms with Gasteiger partial charge in [-0.1, -0.05) is 6.07 Å². The minimum atomic E-state index is -0.392. The Labute approximate surface area is 113 Å². The van der Waals surface area contributed by atoms with Crippen LogP contribution < -0.4 is 0 Å². The predicted octanol–water partition coefficient (Wildman–Crippen LogP) is 1.81. The Morgan fingerprint density at radius 1 is 1.26 bits per heavy atom. The van der Waals surface area contributed by atoms with Crippen LogP contribution in [0, 0.1) is 0 Å². The maximum Gasteiger partial charge on any atom is 0.325 e. The third-order valence-corrected chi connectivity index (χ3v) is 3.56. The Kier molecular flexibility index (Phi) is 4.20. The molecule has 0 aromatic heterocycles. The van der Waals surface area contributed by atoms with E-state index in [1.165, 1.54) is 23.1 Å². The number of amides is 1. The smallest absolute Gasteiger partial charge is 0.325 e. The summed E-state index contributed by atoms with van der Waals surface area (Å²) < 4.78 is 4.61. The fourth-order valence-corrected chi connectivity index (χ4v) is 2.44. The van der Waals surface area contributed by atoms with Gasteiger partial charge in [-0.2, -0.15) is 0 Å². The molecule has 4 heteroatoms. The number of rotatable bonds is 4. The number of carbonyl (C=O) groups is 2. The Bertz CT molecular complexity index is 496. The van der Waals surface area contributed by atoms with Crippen molar-refractivity contribution in [3.8, 4) is 0 Å². The van der Waals surface area contributed by atoms with Gasteiger partial charge in [0, 0.05) is 12.1 Å². The fourth-order valence-electron chi connectivity index (χ4n) is 2.44. The molecule has 1 aromatic carbocycles. The molecule has 0 unspecified atom stereocenters. The second-order valence-corrected chi connectivity index (χ2v) is 4.73. The number of hydrogen-bond donors (Lipinski definition) is 0. The first-order valence-corrected chi connectivity index (χ1v) is 6.63. The van der Waals surface area contributed by atoms with Crippen molar-refractivity contribution >= 4 is 11.9 Å². The van der Waals surface area contributed by atoms with Gasteiger partial charge in [-0.15, -0.1) is 0 Å². The second kappa shape index (κ2) is 5.87. The molecular formula is C15H19NO3. The second-order valence-electron chi connectivity index (χ2n) is 4.73. The summed E-state index contributed by atoms with van der Waals surface area (Å²) in [6.45, 7) is 2.35. The first-order valence-electron chi connectivity index (χ1n) is 6.63. The summed E-state index contributed by atoms with van der Waals surface area (Å²) in [6.07, 6.45) is 3.30. The monoisotopic (exact) mass is 261 g/mol. The first kappa shape index (κ1) is 13.6. The third-order valence-electron chi connectivity index (χ3n) is 3.56. The van der Waals surface area contributed by atoms with Gasteiger partial charge >= 0.3 is 5.97 Å². The number of likely N-dealkylation sites (N-methyl/N-ethyl adjacent to an activating group) is 1. The molecule has 0 saturated carbocycles. The molecule has 1 aliphatic carbocycles. The normalized spacial score (nSPS) is 12.9. The van der Waals surface area contributed by atoms with Crippen LogP contribution in [-0.2, 0) is 22.4 Å². The van der Waals surface area contributed by atoms with Gasteiger partial charge in [0.1, 0.15) is 6.54 Å². The van der Waals surface area contributed by atoms with E-state index in [1.54, 1.807) is 0 Å². The van der Waals surface area contributed by atoms with E-state index >= 15 is 0 Å². The number of esters is 1. The Morgan fingerprint density at radius 2 is 2.00 bits per heavy atom. The van der Waals surface area contributed by atoms with E-state index in [2.05, 4.69) is 4.74 Å². The van der Waals surface area contributed by atoms with Crippen molar-refractivity contribution in [1.82, 2.24) is 4.90 Å². The van der Waals surface area contributed by atoms with Gasteiger partial charge in [0.05, 0.1) is 7.11 Å². The van der Waals surface area contributed by atoms with E-state index in [4.69, 9.17) is 0 Å². The summed E-state index contributed by atoms with van der Waals surface area (Å²) in [4.78, 5) is 25.1. The molecule has 1 amide bonds. The van der Waals surface area contributed by atoms with E-state index in [0.29, 0.717) is 12.1 Å². The highest BCUT2D eigenvalue weighted by atomic mass is 16.5. The summed E-state index contributed by atoms with van der Waals surface area (Å²) in [7, 11) is 1.33. The van der Waals surface area contributed by atoms with Crippen molar-refractivity contribution in [3.63, 3.8) is 0 Å². The molecule has 0 spiro atoms. The number of fused-ring (bicyclic) bond motifs is 1. The summed E-state index contributed by atoms with van der Waals surface area (Å²) in [5, 5.41) is 0. The lowest BCUT2D eigenvalue weighted by Crippen LogP contribution is -2.36. The van der Waals surface area contributed by atoms with Crippen LogP contribution in [0.5, 0.6) is 0 Å². The van der Waals surface area contributed by atoms with Crippen LogP contribution >= 0.6 is 0 Å². The lowest BCUT2D eigenvalue weighted by molar-refractivity contribution is -0.141. The zero-order valence-electron chi connectivity index (χ0n) is 11.4. The van der Waals surface area contributed by atoms with Crippen LogP contribution in [0.4, 0.5) is 0 Å². The molecule has 0 fully saturated rings. The zero-order valence-corrected chi connectivity index (χ0v) is 11.4. The molecule has 102 valence electrons. The van der Waals surface area contributed by atoms with Crippen LogP contribution in [0.15, 0.2) is 18.2 Å². The number of ether oxygens (including phenoxy) is 1. The van der Waals surface area contributed by atoms with Crippen molar-refractivity contribution in [2.24, 2.45) is 0 Å². The van der Waals surface area contributed by atoms with Crippen molar-refractivity contribution in [3.05, 3.63) is 34.9 Å². The molecule has 2 rings (SSSR count). The van der Waals surface area contributed by atoms with E-state index in [1.807, 2.05) is 25.1 Å². The Hall–Kier alpha value is -1.84. The molecule has 0 saturated heterocycles. The molecule has 1 aliphatic rings. The molecule has 4 nitrogen and oxygen atoms in total. The summed E-state index contributed by atoms with van der Waals surface area (Å²) in [5.74, 6) is -0.501. The Balaban J connectivity index is 2.15. The lowest BCUT2D eigenvalue weighted by Gasteiger charge is -2.19. The van der Waals surface area contributed by atoms with Crippen LogP contribution in [-0.4, -0.2) is 37.0 Å². The number of nitrogens with zero attached hydrogens (tertiary/aromatic N) is 1. The minimum absolute atomic E-state index is 0.00289. The fraction of sp³-hybridized carbons (Fsp3) is 0.467. The summed E-state index contributed by atoms with van der Waals surface area (Å²) >= 11 is 0. The van der Waals surface area contributed by atoms with E-state index in [0.717, 1.165) is 19.3 Å². The van der Waals surface area contributed by atoms with Gasteiger partial charge in [0.25, 0.3) is 5.91 Å². The zero-order chi connectivity index (χ0) is 13.8. The number of methoxy groups -OCH3 is 1. The number of carbonyl (C=O) groups excluding carboxylic acids is 2. The van der Waals surface area contributed by atoms with Gasteiger partial charge in [-0.05, 0) is 49.4 Å². The van der Waals surface area contributed by atoms with Crippen LogP contribution in [0.3, 0.4) is 0 Å². The quantitative estimate of drug-likeness (QED) is 0.777. The average molecular weight is 261 g/mol. The van der Waals surface area contributed by atoms with Gasteiger partial charge in [0.2, 0.25) is 0 Å². The lowest BCUT2D eigenvalue weighted by atomic mass is 10.1. The predicted molar refractivity (Wildman–Crippen MR) is 72.1 cm³/mol. The van der Waals surface area contributed by atoms with Crippen LogP contribution in [0.2, 0.25) is 0 Å². The first-order chi connectivity index (χ1) is 9.15. The topological polar surface area (TPSA) is 46.6 Å². The van der Waals surface area contributed by atoms with Crippen molar-refractivity contribution in [1.29, 1.82) is 0 Å².